The lowest BCUT2D eigenvalue weighted by atomic mass is 10.1. The Bertz CT molecular complexity index is 648. The minimum absolute atomic E-state index is 0.0562. The van der Waals surface area contributed by atoms with E-state index in [4.69, 9.17) is 18.0 Å². The molecule has 0 saturated carbocycles. The number of hydrogen-bond donors (Lipinski definition) is 1. The molecular weight excluding hydrogens is 294 g/mol. The fourth-order valence-corrected chi connectivity index (χ4v) is 1.83. The van der Waals surface area contributed by atoms with Crippen molar-refractivity contribution >= 4 is 17.2 Å². The molecule has 0 radical (unpaired) electrons. The molecule has 20 heavy (non-hydrogen) atoms. The summed E-state index contributed by atoms with van der Waals surface area (Å²) in [6.07, 6.45) is -3.39. The van der Waals surface area contributed by atoms with Crippen LogP contribution in [-0.4, -0.2) is 14.8 Å². The Hall–Kier alpha value is -1.96. The van der Waals surface area contributed by atoms with E-state index in [-0.39, 0.29) is 22.7 Å². The number of nitrogens with zero attached hydrogens (tertiary/aromatic N) is 2. The molecule has 0 bridgehead atoms. The summed E-state index contributed by atoms with van der Waals surface area (Å²) in [6, 6.07) is 5.20. The van der Waals surface area contributed by atoms with Gasteiger partial charge in [0.15, 0.2) is 5.69 Å². The molecule has 2 N–H and O–H groups in total. The highest BCUT2D eigenvalue weighted by Gasteiger charge is 2.33. The first kappa shape index (κ1) is 14.4. The average molecular weight is 303 g/mol. The van der Waals surface area contributed by atoms with Gasteiger partial charge in [-0.25, -0.2) is 4.39 Å². The van der Waals surface area contributed by atoms with Gasteiger partial charge in [-0.15, -0.1) is 0 Å². The molecule has 0 aliphatic rings. The lowest BCUT2D eigenvalue weighted by Gasteiger charge is -2.07. The molecule has 0 aliphatic heterocycles. The third-order valence-electron chi connectivity index (χ3n) is 2.61. The van der Waals surface area contributed by atoms with Crippen molar-refractivity contribution < 1.29 is 17.6 Å². The third-order valence-corrected chi connectivity index (χ3v) is 2.83. The van der Waals surface area contributed by atoms with Crippen LogP contribution in [0, 0.1) is 5.82 Å². The van der Waals surface area contributed by atoms with Crippen molar-refractivity contribution in [3.63, 3.8) is 0 Å². The lowest BCUT2D eigenvalue weighted by molar-refractivity contribution is -0.141. The summed E-state index contributed by atoms with van der Waals surface area (Å²) in [5.41, 5.74) is 4.55. The van der Waals surface area contributed by atoms with Gasteiger partial charge in [0.25, 0.3) is 0 Å². The Kier molecular flexibility index (Phi) is 3.76. The number of nitrogens with two attached hydrogens (primary N) is 1. The molecule has 0 unspecified atom stereocenters. The Morgan fingerprint density at radius 2 is 2.00 bits per heavy atom. The normalized spacial score (nSPS) is 11.6. The van der Waals surface area contributed by atoms with Gasteiger partial charge < -0.3 is 5.73 Å². The molecule has 0 spiro atoms. The van der Waals surface area contributed by atoms with Crippen molar-refractivity contribution in [1.82, 2.24) is 9.78 Å². The van der Waals surface area contributed by atoms with Gasteiger partial charge in [0.1, 0.15) is 10.8 Å². The number of hydrogen-bond acceptors (Lipinski definition) is 2. The number of thiocarbonyl (C=S) groups is 1. The number of rotatable bonds is 3. The predicted octanol–water partition coefficient (Wildman–Crippen LogP) is 2.72. The fourth-order valence-electron chi connectivity index (χ4n) is 1.67. The molecule has 0 fully saturated rings. The van der Waals surface area contributed by atoms with Crippen LogP contribution in [0.4, 0.5) is 17.6 Å². The fraction of sp³-hybridized carbons (Fsp3) is 0.167. The molecule has 2 aromatic rings. The molecule has 3 nitrogen and oxygen atoms in total. The van der Waals surface area contributed by atoms with Crippen molar-refractivity contribution in [1.29, 1.82) is 0 Å². The summed E-state index contributed by atoms with van der Waals surface area (Å²) < 4.78 is 52.2. The highest BCUT2D eigenvalue weighted by atomic mass is 32.1. The van der Waals surface area contributed by atoms with Gasteiger partial charge in [-0.1, -0.05) is 24.4 Å². The molecule has 0 atom stereocenters. The van der Waals surface area contributed by atoms with E-state index in [9.17, 15) is 17.6 Å². The standard InChI is InChI=1S/C12H9F4N3S/c13-10-7(2-1-3-8(10)11(17)20)6-19-5-4-9(18-19)12(14,15)16/h1-5H,6H2,(H2,17,20). The first-order chi connectivity index (χ1) is 9.29. The minimum atomic E-state index is -4.52. The second kappa shape index (κ2) is 5.20. The minimum Gasteiger partial charge on any atom is -0.389 e. The van der Waals surface area contributed by atoms with Gasteiger partial charge in [0, 0.05) is 17.3 Å². The zero-order valence-corrected chi connectivity index (χ0v) is 10.8. The summed E-state index contributed by atoms with van der Waals surface area (Å²) in [5, 5.41) is 3.35. The quantitative estimate of drug-likeness (QED) is 0.700. The number of halogens is 4. The maximum absolute atomic E-state index is 14.0. The van der Waals surface area contributed by atoms with Crippen LogP contribution in [0.15, 0.2) is 30.5 Å². The van der Waals surface area contributed by atoms with Gasteiger partial charge in [-0.2, -0.15) is 18.3 Å². The second-order valence-corrected chi connectivity index (χ2v) is 4.48. The molecule has 2 rings (SSSR count). The topological polar surface area (TPSA) is 43.8 Å². The summed E-state index contributed by atoms with van der Waals surface area (Å²) in [4.78, 5) is -0.110. The van der Waals surface area contributed by atoms with Crippen LogP contribution < -0.4 is 5.73 Å². The maximum atomic E-state index is 14.0. The summed E-state index contributed by atoms with van der Waals surface area (Å²) in [5.74, 6) is -0.649. The largest absolute Gasteiger partial charge is 0.435 e. The molecule has 1 aromatic carbocycles. The van der Waals surface area contributed by atoms with Crippen molar-refractivity contribution in [2.45, 2.75) is 12.7 Å². The van der Waals surface area contributed by atoms with E-state index in [1.165, 1.54) is 18.2 Å². The van der Waals surface area contributed by atoms with Crippen LogP contribution >= 0.6 is 12.2 Å². The highest BCUT2D eigenvalue weighted by Crippen LogP contribution is 2.27. The van der Waals surface area contributed by atoms with Crippen LogP contribution in [0.25, 0.3) is 0 Å². The maximum Gasteiger partial charge on any atom is 0.435 e. The molecule has 1 aromatic heterocycles. The Morgan fingerprint density at radius 3 is 2.55 bits per heavy atom. The van der Waals surface area contributed by atoms with Crippen LogP contribution in [0.1, 0.15) is 16.8 Å². The zero-order valence-electron chi connectivity index (χ0n) is 9.99. The number of aromatic nitrogens is 2. The highest BCUT2D eigenvalue weighted by molar-refractivity contribution is 7.80. The van der Waals surface area contributed by atoms with E-state index in [0.29, 0.717) is 0 Å². The molecular formula is C12H9F4N3S. The summed E-state index contributed by atoms with van der Waals surface area (Å²) >= 11 is 4.69. The molecule has 0 aliphatic carbocycles. The Balaban J connectivity index is 2.29. The van der Waals surface area contributed by atoms with Gasteiger partial charge in [0.2, 0.25) is 0 Å². The Labute approximate surface area is 117 Å². The summed E-state index contributed by atoms with van der Waals surface area (Å²) in [6.45, 7) is -0.141. The van der Waals surface area contributed by atoms with Crippen molar-refractivity contribution in [3.8, 4) is 0 Å². The van der Waals surface area contributed by atoms with E-state index in [2.05, 4.69) is 5.10 Å². The summed E-state index contributed by atoms with van der Waals surface area (Å²) in [7, 11) is 0. The molecule has 0 saturated heterocycles. The van der Waals surface area contributed by atoms with Gasteiger partial charge in [0.05, 0.1) is 6.54 Å². The number of alkyl halides is 3. The zero-order chi connectivity index (χ0) is 14.9. The van der Waals surface area contributed by atoms with Crippen molar-refractivity contribution in [2.75, 3.05) is 0 Å². The van der Waals surface area contributed by atoms with E-state index in [0.717, 1.165) is 16.9 Å². The lowest BCUT2D eigenvalue weighted by Crippen LogP contribution is -2.14. The van der Waals surface area contributed by atoms with E-state index >= 15 is 0 Å². The van der Waals surface area contributed by atoms with E-state index in [1.807, 2.05) is 0 Å². The van der Waals surface area contributed by atoms with Crippen molar-refractivity contribution in [3.05, 3.63) is 53.1 Å². The monoisotopic (exact) mass is 303 g/mol. The average Bonchev–Trinajstić information content (AvgIpc) is 2.80. The molecule has 1 heterocycles. The predicted molar refractivity (Wildman–Crippen MR) is 68.6 cm³/mol. The SMILES string of the molecule is NC(=S)c1cccc(Cn2ccc(C(F)(F)F)n2)c1F. The third kappa shape index (κ3) is 2.96. The van der Waals surface area contributed by atoms with Crippen LogP contribution in [0.2, 0.25) is 0 Å². The molecule has 8 heteroatoms. The van der Waals surface area contributed by atoms with E-state index < -0.39 is 17.7 Å². The van der Waals surface area contributed by atoms with Crippen LogP contribution in [-0.2, 0) is 12.7 Å². The molecule has 106 valence electrons. The number of benzene rings is 1. The van der Waals surface area contributed by atoms with Gasteiger partial charge in [-0.05, 0) is 12.1 Å². The van der Waals surface area contributed by atoms with Gasteiger partial charge >= 0.3 is 6.18 Å². The molecule has 0 amide bonds. The first-order valence-electron chi connectivity index (χ1n) is 5.47. The van der Waals surface area contributed by atoms with E-state index in [1.54, 1.807) is 0 Å². The second-order valence-electron chi connectivity index (χ2n) is 4.04. The Morgan fingerprint density at radius 1 is 1.30 bits per heavy atom. The van der Waals surface area contributed by atoms with Crippen LogP contribution in [0.5, 0.6) is 0 Å². The van der Waals surface area contributed by atoms with Crippen LogP contribution in [0.3, 0.4) is 0 Å². The first-order valence-corrected chi connectivity index (χ1v) is 5.87. The van der Waals surface area contributed by atoms with Gasteiger partial charge in [-0.3, -0.25) is 4.68 Å². The smallest absolute Gasteiger partial charge is 0.389 e. The van der Waals surface area contributed by atoms with Crippen molar-refractivity contribution in [2.24, 2.45) is 5.73 Å².